The van der Waals surface area contributed by atoms with Crippen molar-refractivity contribution in [1.82, 2.24) is 4.98 Å². The highest BCUT2D eigenvalue weighted by Gasteiger charge is 2.20. The molecule has 0 saturated heterocycles. The van der Waals surface area contributed by atoms with Crippen molar-refractivity contribution in [2.24, 2.45) is 0 Å². The van der Waals surface area contributed by atoms with E-state index in [1.54, 1.807) is 6.07 Å². The molecule has 2 rings (SSSR count). The standard InChI is InChI=1S/C13H7ClN4O2/c14-10-2-1-6(19)3-7(10)11-8(4-15)12(17)18-13(20)9(11)5-16/h1-3,19H,(H3,17,18,20). The average Bonchev–Trinajstić information content (AvgIpc) is 2.41. The molecule has 0 radical (unpaired) electrons. The van der Waals surface area contributed by atoms with E-state index in [4.69, 9.17) is 27.9 Å². The number of aromatic nitrogens is 1. The molecule has 1 aromatic heterocycles. The Hall–Kier alpha value is -2.96. The van der Waals surface area contributed by atoms with Crippen LogP contribution in [0.3, 0.4) is 0 Å². The zero-order valence-corrected chi connectivity index (χ0v) is 10.7. The van der Waals surface area contributed by atoms with Crippen molar-refractivity contribution in [2.75, 3.05) is 5.73 Å². The van der Waals surface area contributed by atoms with Crippen LogP contribution in [0.15, 0.2) is 23.0 Å². The number of hydrogen-bond donors (Lipinski definition) is 3. The molecule has 4 N–H and O–H groups in total. The molecule has 0 aliphatic heterocycles. The van der Waals surface area contributed by atoms with Gasteiger partial charge in [0.15, 0.2) is 0 Å². The highest BCUT2D eigenvalue weighted by atomic mass is 35.5. The lowest BCUT2D eigenvalue weighted by Gasteiger charge is -2.10. The molecule has 0 saturated carbocycles. The van der Waals surface area contributed by atoms with Crippen molar-refractivity contribution in [2.45, 2.75) is 0 Å². The number of anilines is 1. The maximum absolute atomic E-state index is 11.8. The molecular weight excluding hydrogens is 280 g/mol. The first-order chi connectivity index (χ1) is 9.49. The fourth-order valence-electron chi connectivity index (χ4n) is 1.82. The summed E-state index contributed by atoms with van der Waals surface area (Å²) < 4.78 is 0. The van der Waals surface area contributed by atoms with Crippen LogP contribution in [0.1, 0.15) is 11.1 Å². The molecule has 98 valence electrons. The molecule has 0 bridgehead atoms. The highest BCUT2D eigenvalue weighted by molar-refractivity contribution is 6.33. The normalized spacial score (nSPS) is 9.75. The third-order valence-corrected chi connectivity index (χ3v) is 3.02. The van der Waals surface area contributed by atoms with Gasteiger partial charge in [0.25, 0.3) is 5.56 Å². The van der Waals surface area contributed by atoms with Crippen LogP contribution in [0.2, 0.25) is 5.02 Å². The molecule has 0 spiro atoms. The van der Waals surface area contributed by atoms with Gasteiger partial charge in [-0.1, -0.05) is 11.6 Å². The maximum Gasteiger partial charge on any atom is 0.268 e. The molecule has 20 heavy (non-hydrogen) atoms. The van der Waals surface area contributed by atoms with Gasteiger partial charge in [-0.05, 0) is 18.2 Å². The number of nitrogen functional groups attached to an aromatic ring is 1. The van der Waals surface area contributed by atoms with Crippen molar-refractivity contribution in [3.63, 3.8) is 0 Å². The Kier molecular flexibility index (Phi) is 3.34. The Balaban J connectivity index is 3.00. The van der Waals surface area contributed by atoms with Gasteiger partial charge in [-0.3, -0.25) is 4.79 Å². The third kappa shape index (κ3) is 2.05. The van der Waals surface area contributed by atoms with Crippen LogP contribution in [0, 0.1) is 22.7 Å². The third-order valence-electron chi connectivity index (χ3n) is 2.69. The van der Waals surface area contributed by atoms with Crippen molar-refractivity contribution >= 4 is 17.4 Å². The number of aromatic amines is 1. The molecule has 0 unspecified atom stereocenters. The van der Waals surface area contributed by atoms with E-state index in [-0.39, 0.29) is 38.8 Å². The topological polar surface area (TPSA) is 127 Å². The minimum Gasteiger partial charge on any atom is -0.508 e. The van der Waals surface area contributed by atoms with Gasteiger partial charge in [-0.2, -0.15) is 10.5 Å². The molecule has 0 aliphatic carbocycles. The molecule has 0 amide bonds. The number of nitrogens with two attached hydrogens (primary N) is 1. The van der Waals surface area contributed by atoms with Gasteiger partial charge in [0.2, 0.25) is 0 Å². The van der Waals surface area contributed by atoms with Crippen LogP contribution in [-0.2, 0) is 0 Å². The van der Waals surface area contributed by atoms with Crippen LogP contribution in [0.4, 0.5) is 5.82 Å². The quantitative estimate of drug-likeness (QED) is 0.735. The molecule has 7 heteroatoms. The van der Waals surface area contributed by atoms with E-state index in [0.29, 0.717) is 0 Å². The number of nitrogens with zero attached hydrogens (tertiary/aromatic N) is 2. The number of pyridine rings is 1. The number of nitriles is 2. The van der Waals surface area contributed by atoms with Crippen LogP contribution >= 0.6 is 11.6 Å². The predicted octanol–water partition coefficient (Wildman–Crippen LogP) is 1.73. The summed E-state index contributed by atoms with van der Waals surface area (Å²) in [4.78, 5) is 14.0. The first kappa shape index (κ1) is 13.5. The molecule has 6 nitrogen and oxygen atoms in total. The summed E-state index contributed by atoms with van der Waals surface area (Å²) >= 11 is 6.01. The van der Waals surface area contributed by atoms with E-state index in [1.165, 1.54) is 18.2 Å². The average molecular weight is 287 g/mol. The van der Waals surface area contributed by atoms with E-state index in [9.17, 15) is 9.90 Å². The summed E-state index contributed by atoms with van der Waals surface area (Å²) in [5, 5.41) is 28.0. The zero-order chi connectivity index (χ0) is 14.9. The molecule has 0 atom stereocenters. The van der Waals surface area contributed by atoms with Crippen molar-refractivity contribution in [3.8, 4) is 29.0 Å². The minimum atomic E-state index is -0.724. The Morgan fingerprint density at radius 2 is 1.90 bits per heavy atom. The number of aromatic hydroxyl groups is 1. The summed E-state index contributed by atoms with van der Waals surface area (Å²) in [5.74, 6) is -0.276. The predicted molar refractivity (Wildman–Crippen MR) is 73.0 cm³/mol. The van der Waals surface area contributed by atoms with Gasteiger partial charge in [0, 0.05) is 16.1 Å². The Labute approximate surface area is 118 Å². The smallest absolute Gasteiger partial charge is 0.268 e. The van der Waals surface area contributed by atoms with Gasteiger partial charge in [-0.15, -0.1) is 0 Å². The van der Waals surface area contributed by atoms with Crippen LogP contribution in [0.25, 0.3) is 11.1 Å². The van der Waals surface area contributed by atoms with Crippen LogP contribution in [0.5, 0.6) is 5.75 Å². The minimum absolute atomic E-state index is 0.0113. The fraction of sp³-hybridized carbons (Fsp3) is 0. The van der Waals surface area contributed by atoms with Gasteiger partial charge in [-0.25, -0.2) is 0 Å². The lowest BCUT2D eigenvalue weighted by molar-refractivity contribution is 0.475. The van der Waals surface area contributed by atoms with Crippen molar-refractivity contribution < 1.29 is 5.11 Å². The second-order valence-corrected chi connectivity index (χ2v) is 4.29. The monoisotopic (exact) mass is 286 g/mol. The fourth-order valence-corrected chi connectivity index (χ4v) is 2.03. The van der Waals surface area contributed by atoms with Crippen LogP contribution in [-0.4, -0.2) is 10.1 Å². The Morgan fingerprint density at radius 3 is 2.50 bits per heavy atom. The number of H-pyrrole nitrogens is 1. The molecule has 2 aromatic rings. The molecule has 0 aliphatic rings. The van der Waals surface area contributed by atoms with E-state index < -0.39 is 5.56 Å². The maximum atomic E-state index is 11.8. The second kappa shape index (κ2) is 4.96. The summed E-state index contributed by atoms with van der Waals surface area (Å²) in [5.41, 5.74) is 4.70. The highest BCUT2D eigenvalue weighted by Crippen LogP contribution is 2.35. The second-order valence-electron chi connectivity index (χ2n) is 3.88. The summed E-state index contributed by atoms with van der Waals surface area (Å²) in [6.07, 6.45) is 0. The summed E-state index contributed by atoms with van der Waals surface area (Å²) in [7, 11) is 0. The number of halogens is 1. The lowest BCUT2D eigenvalue weighted by Crippen LogP contribution is -2.16. The van der Waals surface area contributed by atoms with Gasteiger partial charge < -0.3 is 15.8 Å². The summed E-state index contributed by atoms with van der Waals surface area (Å²) in [6.45, 7) is 0. The van der Waals surface area contributed by atoms with E-state index >= 15 is 0 Å². The van der Waals surface area contributed by atoms with E-state index in [0.717, 1.165) is 0 Å². The SMILES string of the molecule is N#Cc1c(N)[nH]c(=O)c(C#N)c1-c1cc(O)ccc1Cl. The van der Waals surface area contributed by atoms with Crippen molar-refractivity contribution in [3.05, 3.63) is 44.7 Å². The molecule has 0 fully saturated rings. The number of nitrogens with one attached hydrogen (secondary N) is 1. The van der Waals surface area contributed by atoms with Gasteiger partial charge in [0.05, 0.1) is 0 Å². The molecule has 1 heterocycles. The largest absolute Gasteiger partial charge is 0.508 e. The molecule has 1 aromatic carbocycles. The van der Waals surface area contributed by atoms with E-state index in [2.05, 4.69) is 4.98 Å². The Morgan fingerprint density at radius 1 is 1.25 bits per heavy atom. The van der Waals surface area contributed by atoms with Gasteiger partial charge in [0.1, 0.15) is 34.8 Å². The number of phenols is 1. The first-order valence-corrected chi connectivity index (χ1v) is 5.72. The van der Waals surface area contributed by atoms with Crippen molar-refractivity contribution in [1.29, 1.82) is 10.5 Å². The number of rotatable bonds is 1. The number of benzene rings is 1. The first-order valence-electron chi connectivity index (χ1n) is 5.34. The number of hydrogen-bond acceptors (Lipinski definition) is 5. The van der Waals surface area contributed by atoms with E-state index in [1.807, 2.05) is 6.07 Å². The van der Waals surface area contributed by atoms with Gasteiger partial charge >= 0.3 is 0 Å². The zero-order valence-electron chi connectivity index (χ0n) is 9.94. The lowest BCUT2D eigenvalue weighted by atomic mass is 9.96. The summed E-state index contributed by atoms with van der Waals surface area (Å²) in [6, 6.07) is 7.55. The van der Waals surface area contributed by atoms with Crippen LogP contribution < -0.4 is 11.3 Å². The number of phenolic OH excluding ortho intramolecular Hbond substituents is 1. The Bertz CT molecular complexity index is 843. The molecular formula is C13H7ClN4O2.